The molecular weight excluding hydrogens is 192 g/mol. The van der Waals surface area contributed by atoms with Crippen molar-refractivity contribution in [3.05, 3.63) is 43.3 Å². The molecule has 0 atom stereocenters. The summed E-state index contributed by atoms with van der Waals surface area (Å²) >= 11 is 0. The van der Waals surface area contributed by atoms with Crippen LogP contribution in [0.25, 0.3) is 0 Å². The first-order chi connectivity index (χ1) is 4.61. The van der Waals surface area contributed by atoms with E-state index < -0.39 is 11.7 Å². The van der Waals surface area contributed by atoms with Crippen LogP contribution in [0.4, 0.5) is 13.2 Å². The Bertz CT molecular complexity index is 205. The van der Waals surface area contributed by atoms with Crippen LogP contribution in [0.2, 0.25) is 0 Å². The molecule has 0 bridgehead atoms. The molecule has 4 heteroatoms. The Morgan fingerprint density at radius 2 is 1.33 bits per heavy atom. The van der Waals surface area contributed by atoms with Gasteiger partial charge in [-0.05, 0) is 0 Å². The van der Waals surface area contributed by atoms with Crippen molar-refractivity contribution in [2.75, 3.05) is 0 Å². The number of hydrogen-bond donors (Lipinski definition) is 0. The van der Waals surface area contributed by atoms with Gasteiger partial charge in [-0.1, -0.05) is 30.3 Å². The van der Waals surface area contributed by atoms with E-state index in [0.717, 1.165) is 12.1 Å². The molecule has 1 aromatic carbocycles. The molecule has 62 valence electrons. The van der Waals surface area contributed by atoms with E-state index in [9.17, 15) is 13.2 Å². The summed E-state index contributed by atoms with van der Waals surface area (Å²) in [6.07, 6.45) is -4.21. The van der Waals surface area contributed by atoms with Crippen LogP contribution < -0.4 is 51.4 Å². The second-order valence-electron chi connectivity index (χ2n) is 1.86. The Kier molecular flexibility index (Phi) is 7.76. The third kappa shape index (κ3) is 4.62. The third-order valence-electron chi connectivity index (χ3n) is 1.10. The van der Waals surface area contributed by atoms with Gasteiger partial charge in [0.2, 0.25) is 0 Å². The Morgan fingerprint density at radius 1 is 0.917 bits per heavy atom. The predicted molar refractivity (Wildman–Crippen MR) is 37.9 cm³/mol. The summed E-state index contributed by atoms with van der Waals surface area (Å²) in [5.41, 5.74) is -0.602. The van der Waals surface area contributed by atoms with Crippen molar-refractivity contribution >= 4 is 0 Å². The van der Waals surface area contributed by atoms with Crippen LogP contribution in [0.5, 0.6) is 0 Å². The van der Waals surface area contributed by atoms with Crippen LogP contribution in [0.3, 0.4) is 0 Å². The van der Waals surface area contributed by atoms with Gasteiger partial charge in [-0.15, -0.1) is 0 Å². The zero-order valence-corrected chi connectivity index (χ0v) is 10.1. The molecule has 0 unspecified atom stereocenters. The number of hydrogen-bond acceptors (Lipinski definition) is 0. The summed E-state index contributed by atoms with van der Waals surface area (Å²) in [7, 11) is 0. The largest absolute Gasteiger partial charge is 1.00 e. The Morgan fingerprint density at radius 3 is 1.58 bits per heavy atom. The topological polar surface area (TPSA) is 0 Å². The summed E-state index contributed by atoms with van der Waals surface area (Å²) in [6.45, 7) is 0. The molecule has 0 aliphatic heterocycles. The molecule has 0 aliphatic rings. The molecule has 0 nitrogen and oxygen atoms in total. The van der Waals surface area contributed by atoms with Crippen molar-refractivity contribution in [2.24, 2.45) is 0 Å². The van der Waals surface area contributed by atoms with Gasteiger partial charge in [0.1, 0.15) is 0 Å². The maximum absolute atomic E-state index is 11.8. The molecule has 0 amide bonds. The monoisotopic (exact) mass is 200 g/mol. The second-order valence-corrected chi connectivity index (χ2v) is 1.86. The van der Waals surface area contributed by atoms with Gasteiger partial charge in [0, 0.05) is 0 Å². The van der Waals surface area contributed by atoms with Crippen LogP contribution in [0.15, 0.2) is 30.3 Å². The summed E-state index contributed by atoms with van der Waals surface area (Å²) in [5, 5.41) is 0. The first-order valence-electron chi connectivity index (χ1n) is 2.73. The molecule has 0 spiro atoms. The van der Waals surface area contributed by atoms with Gasteiger partial charge in [0.05, 0.1) is 5.56 Å². The first kappa shape index (κ1) is 15.1. The van der Waals surface area contributed by atoms with Crippen molar-refractivity contribution in [1.82, 2.24) is 0 Å². The minimum atomic E-state index is -4.21. The van der Waals surface area contributed by atoms with E-state index in [2.05, 4.69) is 0 Å². The van der Waals surface area contributed by atoms with Crippen molar-refractivity contribution in [1.29, 1.82) is 0 Å². The molecular formula is C8H8F3K. The normalized spacial score (nSPS) is 9.58. The smallest absolute Gasteiger partial charge is 0.358 e. The molecule has 0 heterocycles. The minimum Gasteiger partial charge on any atom is -0.358 e. The standard InChI is InChI=1S/C7H5F3.CH3.K/c8-7(9,10)6-4-2-1-3-5-6;;/h1-5H;1H3;/q;-1;+1. The summed E-state index contributed by atoms with van der Waals surface area (Å²) in [4.78, 5) is 0. The molecule has 1 aromatic rings. The molecule has 0 aliphatic carbocycles. The molecule has 0 fully saturated rings. The fourth-order valence-corrected chi connectivity index (χ4v) is 0.627. The Hall–Kier alpha value is 0.646. The fourth-order valence-electron chi connectivity index (χ4n) is 0.627. The number of alkyl halides is 3. The van der Waals surface area contributed by atoms with E-state index >= 15 is 0 Å². The van der Waals surface area contributed by atoms with Crippen LogP contribution in [0, 0.1) is 7.43 Å². The maximum Gasteiger partial charge on any atom is 1.00 e. The van der Waals surface area contributed by atoms with Gasteiger partial charge in [-0.3, -0.25) is 0 Å². The van der Waals surface area contributed by atoms with Crippen LogP contribution in [-0.4, -0.2) is 0 Å². The molecule has 0 saturated carbocycles. The Labute approximate surface area is 113 Å². The Balaban J connectivity index is 0. The summed E-state index contributed by atoms with van der Waals surface area (Å²) in [6, 6.07) is 6.36. The van der Waals surface area contributed by atoms with E-state index in [1.54, 1.807) is 6.07 Å². The van der Waals surface area contributed by atoms with Gasteiger partial charge in [-0.25, -0.2) is 0 Å². The van der Waals surface area contributed by atoms with Gasteiger partial charge in [0.25, 0.3) is 0 Å². The van der Waals surface area contributed by atoms with E-state index in [-0.39, 0.29) is 58.8 Å². The maximum atomic E-state index is 11.8. The number of halogens is 3. The van der Waals surface area contributed by atoms with E-state index in [4.69, 9.17) is 0 Å². The third-order valence-corrected chi connectivity index (χ3v) is 1.10. The average Bonchev–Trinajstić information content (AvgIpc) is 1.88. The minimum absolute atomic E-state index is 0. The van der Waals surface area contributed by atoms with Crippen molar-refractivity contribution in [3.63, 3.8) is 0 Å². The zero-order chi connectivity index (χ0) is 7.61. The first-order valence-corrected chi connectivity index (χ1v) is 2.73. The van der Waals surface area contributed by atoms with Crippen LogP contribution in [-0.2, 0) is 6.18 Å². The van der Waals surface area contributed by atoms with E-state index in [1.807, 2.05) is 0 Å². The van der Waals surface area contributed by atoms with E-state index in [1.165, 1.54) is 12.1 Å². The van der Waals surface area contributed by atoms with Gasteiger partial charge in [0.15, 0.2) is 0 Å². The van der Waals surface area contributed by atoms with E-state index in [0.29, 0.717) is 0 Å². The van der Waals surface area contributed by atoms with Gasteiger partial charge >= 0.3 is 57.6 Å². The quantitative estimate of drug-likeness (QED) is 0.413. The predicted octanol–water partition coefficient (Wildman–Crippen LogP) is 0.160. The molecule has 0 saturated heterocycles. The van der Waals surface area contributed by atoms with Crippen molar-refractivity contribution in [3.8, 4) is 0 Å². The number of benzene rings is 1. The van der Waals surface area contributed by atoms with Crippen molar-refractivity contribution < 1.29 is 64.6 Å². The zero-order valence-electron chi connectivity index (χ0n) is 7.02. The molecule has 0 radical (unpaired) electrons. The SMILES string of the molecule is FC(F)(F)c1ccccc1.[CH3-].[K+]. The van der Waals surface area contributed by atoms with Crippen molar-refractivity contribution in [2.45, 2.75) is 6.18 Å². The average molecular weight is 200 g/mol. The van der Waals surface area contributed by atoms with Gasteiger partial charge < -0.3 is 7.43 Å². The molecule has 0 aromatic heterocycles. The summed E-state index contributed by atoms with van der Waals surface area (Å²) < 4.78 is 35.4. The van der Waals surface area contributed by atoms with Crippen LogP contribution in [0.1, 0.15) is 5.56 Å². The molecule has 1 rings (SSSR count). The fraction of sp³-hybridized carbons (Fsp3) is 0.125. The van der Waals surface area contributed by atoms with Gasteiger partial charge in [-0.2, -0.15) is 13.2 Å². The summed E-state index contributed by atoms with van der Waals surface area (Å²) in [5.74, 6) is 0. The van der Waals surface area contributed by atoms with Crippen LogP contribution >= 0.6 is 0 Å². The molecule has 0 N–H and O–H groups in total. The molecule has 12 heavy (non-hydrogen) atoms. The number of rotatable bonds is 0. The second kappa shape index (κ2) is 6.15.